The van der Waals surface area contributed by atoms with Gasteiger partial charge in [-0.25, -0.2) is 4.98 Å². The van der Waals surface area contributed by atoms with Crippen LogP contribution in [-0.2, 0) is 4.74 Å². The summed E-state index contributed by atoms with van der Waals surface area (Å²) in [6.07, 6.45) is 0. The topological polar surface area (TPSA) is 34.6 Å². The van der Waals surface area contributed by atoms with E-state index in [0.29, 0.717) is 0 Å². The molecule has 0 aliphatic carbocycles. The Morgan fingerprint density at radius 3 is 2.44 bits per heavy atom. The molecule has 3 aromatic rings. The lowest BCUT2D eigenvalue weighted by molar-refractivity contribution is 0.122. The van der Waals surface area contributed by atoms with Gasteiger partial charge in [0, 0.05) is 28.6 Å². The number of nitrogens with zero attached hydrogens (tertiary/aromatic N) is 2. The highest BCUT2D eigenvalue weighted by molar-refractivity contribution is 8.01. The summed E-state index contributed by atoms with van der Waals surface area (Å²) >= 11 is 9.48. The summed E-state index contributed by atoms with van der Waals surface area (Å²) in [5.74, 6) is 0.842. The lowest BCUT2D eigenvalue weighted by Crippen LogP contribution is -2.36. The van der Waals surface area contributed by atoms with Crippen LogP contribution in [0.3, 0.4) is 0 Å². The molecule has 4 rings (SSSR count). The van der Waals surface area contributed by atoms with Gasteiger partial charge in [0.15, 0.2) is 5.13 Å². The van der Waals surface area contributed by atoms with Crippen LogP contribution in [-0.4, -0.2) is 38.4 Å². The maximum Gasteiger partial charge on any atom is 0.187 e. The Balaban J connectivity index is 1.69. The van der Waals surface area contributed by atoms with Crippen molar-refractivity contribution in [1.29, 1.82) is 0 Å². The van der Waals surface area contributed by atoms with Gasteiger partial charge >= 0.3 is 0 Å². The number of thiazole rings is 1. The average Bonchev–Trinajstić information content (AvgIpc) is 3.14. The highest BCUT2D eigenvalue weighted by Gasteiger charge is 2.20. The Morgan fingerprint density at radius 2 is 1.78 bits per heavy atom. The Kier molecular flexibility index (Phi) is 5.88. The Hall–Kier alpha value is -1.73. The zero-order chi connectivity index (χ0) is 18.6. The van der Waals surface area contributed by atoms with Crippen LogP contribution in [0.1, 0.15) is 0 Å². The lowest BCUT2D eigenvalue weighted by Gasteiger charge is -2.26. The van der Waals surface area contributed by atoms with E-state index in [9.17, 15) is 0 Å². The molecular weight excluding hydrogens is 400 g/mol. The highest BCUT2D eigenvalue weighted by atomic mass is 35.5. The van der Waals surface area contributed by atoms with E-state index < -0.39 is 0 Å². The van der Waals surface area contributed by atoms with Crippen LogP contribution in [0.4, 0.5) is 5.13 Å². The molecule has 0 radical (unpaired) electrons. The van der Waals surface area contributed by atoms with Gasteiger partial charge in [-0.1, -0.05) is 34.7 Å². The Morgan fingerprint density at radius 1 is 1.07 bits per heavy atom. The first-order valence-corrected chi connectivity index (χ1v) is 10.7. The standard InChI is InChI=1S/C20H19ClN2O2S2/c1-24-16-6-2-14(3-7-16)18-19(26-17-8-4-15(21)5-9-17)27-20(22-18)23-10-12-25-13-11-23/h2-9H,10-13H2,1H3. The number of rotatable bonds is 5. The van der Waals surface area contributed by atoms with E-state index in [-0.39, 0.29) is 0 Å². The average molecular weight is 419 g/mol. The minimum Gasteiger partial charge on any atom is -0.497 e. The molecule has 1 aromatic heterocycles. The number of hydrogen-bond acceptors (Lipinski definition) is 6. The molecule has 0 saturated carbocycles. The van der Waals surface area contributed by atoms with E-state index in [1.807, 2.05) is 36.4 Å². The zero-order valence-electron chi connectivity index (χ0n) is 14.9. The van der Waals surface area contributed by atoms with Crippen molar-refractivity contribution in [3.63, 3.8) is 0 Å². The van der Waals surface area contributed by atoms with E-state index in [1.165, 1.54) is 4.21 Å². The summed E-state index contributed by atoms with van der Waals surface area (Å²) in [5, 5.41) is 1.79. The molecule has 0 unspecified atom stereocenters. The number of aromatic nitrogens is 1. The van der Waals surface area contributed by atoms with Gasteiger partial charge in [-0.3, -0.25) is 0 Å². The van der Waals surface area contributed by atoms with Crippen LogP contribution in [0.2, 0.25) is 5.02 Å². The SMILES string of the molecule is COc1ccc(-c2nc(N3CCOCC3)sc2Sc2ccc(Cl)cc2)cc1. The maximum absolute atomic E-state index is 6.03. The second-order valence-electron chi connectivity index (χ2n) is 6.02. The molecular formula is C20H19ClN2O2S2. The Labute approximate surface area is 172 Å². The molecule has 4 nitrogen and oxygen atoms in total. The van der Waals surface area contributed by atoms with E-state index in [1.54, 1.807) is 30.2 Å². The first kappa shape index (κ1) is 18.6. The predicted molar refractivity (Wildman–Crippen MR) is 113 cm³/mol. The molecule has 0 amide bonds. The summed E-state index contributed by atoms with van der Waals surface area (Å²) in [5.41, 5.74) is 2.09. The quantitative estimate of drug-likeness (QED) is 0.549. The van der Waals surface area contributed by atoms with E-state index in [2.05, 4.69) is 17.0 Å². The van der Waals surface area contributed by atoms with E-state index in [4.69, 9.17) is 26.1 Å². The Bertz CT molecular complexity index is 891. The van der Waals surface area contributed by atoms with Crippen molar-refractivity contribution in [2.24, 2.45) is 0 Å². The molecule has 1 saturated heterocycles. The zero-order valence-corrected chi connectivity index (χ0v) is 17.2. The van der Waals surface area contributed by atoms with Gasteiger partial charge in [-0.05, 0) is 48.5 Å². The van der Waals surface area contributed by atoms with Crippen LogP contribution in [0, 0.1) is 0 Å². The van der Waals surface area contributed by atoms with Gasteiger partial charge in [0.2, 0.25) is 0 Å². The van der Waals surface area contributed by atoms with Crippen LogP contribution >= 0.6 is 34.7 Å². The summed E-state index contributed by atoms with van der Waals surface area (Å²) in [6.45, 7) is 3.25. The maximum atomic E-state index is 6.03. The molecule has 0 spiro atoms. The molecule has 0 atom stereocenters. The summed E-state index contributed by atoms with van der Waals surface area (Å²) in [4.78, 5) is 8.42. The normalized spacial score (nSPS) is 14.4. The van der Waals surface area contributed by atoms with Crippen LogP contribution < -0.4 is 9.64 Å². The number of morpholine rings is 1. The molecule has 2 aromatic carbocycles. The molecule has 0 bridgehead atoms. The van der Waals surface area contributed by atoms with Crippen molar-refractivity contribution in [1.82, 2.24) is 4.98 Å². The minimum absolute atomic E-state index is 0.744. The minimum atomic E-state index is 0.744. The molecule has 2 heterocycles. The summed E-state index contributed by atoms with van der Waals surface area (Å²) in [6, 6.07) is 16.0. The van der Waals surface area contributed by atoms with Crippen LogP contribution in [0.15, 0.2) is 57.6 Å². The summed E-state index contributed by atoms with van der Waals surface area (Å²) in [7, 11) is 1.68. The van der Waals surface area contributed by atoms with Crippen molar-refractivity contribution in [2.45, 2.75) is 9.10 Å². The van der Waals surface area contributed by atoms with Crippen molar-refractivity contribution >= 4 is 39.8 Å². The largest absolute Gasteiger partial charge is 0.497 e. The highest BCUT2D eigenvalue weighted by Crippen LogP contribution is 2.43. The fraction of sp³-hybridized carbons (Fsp3) is 0.250. The van der Waals surface area contributed by atoms with Crippen molar-refractivity contribution < 1.29 is 9.47 Å². The van der Waals surface area contributed by atoms with Gasteiger partial charge in [-0.2, -0.15) is 0 Å². The lowest BCUT2D eigenvalue weighted by atomic mass is 10.2. The monoisotopic (exact) mass is 418 g/mol. The van der Waals surface area contributed by atoms with Crippen LogP contribution in [0.5, 0.6) is 5.75 Å². The van der Waals surface area contributed by atoms with Crippen molar-refractivity contribution in [3.05, 3.63) is 53.6 Å². The van der Waals surface area contributed by atoms with Crippen molar-refractivity contribution in [3.8, 4) is 17.0 Å². The summed E-state index contributed by atoms with van der Waals surface area (Å²) < 4.78 is 11.9. The first-order valence-electron chi connectivity index (χ1n) is 8.64. The third kappa shape index (κ3) is 4.41. The molecule has 1 fully saturated rings. The van der Waals surface area contributed by atoms with Gasteiger partial charge in [0.1, 0.15) is 5.75 Å². The van der Waals surface area contributed by atoms with E-state index >= 15 is 0 Å². The third-order valence-electron chi connectivity index (χ3n) is 4.25. The van der Waals surface area contributed by atoms with Gasteiger partial charge in [0.05, 0.1) is 30.2 Å². The van der Waals surface area contributed by atoms with Gasteiger partial charge < -0.3 is 14.4 Å². The molecule has 140 valence electrons. The van der Waals surface area contributed by atoms with Gasteiger partial charge in [0.25, 0.3) is 0 Å². The molecule has 1 aliphatic rings. The van der Waals surface area contributed by atoms with Crippen LogP contribution in [0.25, 0.3) is 11.3 Å². The number of anilines is 1. The molecule has 7 heteroatoms. The second kappa shape index (κ2) is 8.52. The number of methoxy groups -OCH3 is 1. The number of hydrogen-bond donors (Lipinski definition) is 0. The molecule has 27 heavy (non-hydrogen) atoms. The number of ether oxygens (including phenoxy) is 2. The fourth-order valence-corrected chi connectivity index (χ4v) is 5.22. The van der Waals surface area contributed by atoms with E-state index in [0.717, 1.165) is 58.4 Å². The molecule has 1 aliphatic heterocycles. The second-order valence-corrected chi connectivity index (χ2v) is 8.77. The smallest absolute Gasteiger partial charge is 0.187 e. The predicted octanol–water partition coefficient (Wildman–Crippen LogP) is 5.46. The number of halogens is 1. The fourth-order valence-electron chi connectivity index (χ4n) is 2.80. The first-order chi connectivity index (χ1) is 13.2. The van der Waals surface area contributed by atoms with Crippen molar-refractivity contribution in [2.75, 3.05) is 38.3 Å². The molecule has 0 N–H and O–H groups in total. The third-order valence-corrected chi connectivity index (χ3v) is 6.80. The number of benzene rings is 2. The van der Waals surface area contributed by atoms with Gasteiger partial charge in [-0.15, -0.1) is 0 Å².